The van der Waals surface area contributed by atoms with Gasteiger partial charge >= 0.3 is 5.69 Å². The summed E-state index contributed by atoms with van der Waals surface area (Å²) >= 11 is 0. The number of carbonyl (C=O) groups excluding carboxylic acids is 1. The predicted octanol–water partition coefficient (Wildman–Crippen LogP) is 2.45. The number of aliphatic hydroxyl groups is 1. The molecule has 2 N–H and O–H groups in total. The van der Waals surface area contributed by atoms with Gasteiger partial charge in [-0.25, -0.2) is 13.9 Å². The fourth-order valence-electron chi connectivity index (χ4n) is 5.03. The number of ether oxygens (including phenoxy) is 1. The van der Waals surface area contributed by atoms with E-state index < -0.39 is 51.0 Å². The van der Waals surface area contributed by atoms with Crippen molar-refractivity contribution in [2.24, 2.45) is 0 Å². The van der Waals surface area contributed by atoms with E-state index in [4.69, 9.17) is 13.8 Å². The largest absolute Gasteiger partial charge is 0.394 e. The normalized spacial score (nSPS) is 34.7. The molecule has 188 valence electrons. The molecule has 0 spiro atoms. The molecule has 0 radical (unpaired) electrons. The average Bonchev–Trinajstić information content (AvgIpc) is 3.51. The third-order valence-electron chi connectivity index (χ3n) is 6.75. The molecule has 0 saturated carbocycles. The van der Waals surface area contributed by atoms with Gasteiger partial charge < -0.3 is 24.2 Å². The molecule has 1 aromatic carbocycles. The van der Waals surface area contributed by atoms with Crippen LogP contribution in [0.2, 0.25) is 0 Å². The number of benzene rings is 1. The summed E-state index contributed by atoms with van der Waals surface area (Å²) in [6.07, 6.45) is -2.02. The molecule has 1 unspecified atom stereocenters. The van der Waals surface area contributed by atoms with E-state index in [0.29, 0.717) is 0 Å². The zero-order chi connectivity index (χ0) is 24.7. The van der Waals surface area contributed by atoms with Crippen molar-refractivity contribution in [3.05, 3.63) is 58.6 Å². The van der Waals surface area contributed by atoms with Crippen molar-refractivity contribution in [2.75, 3.05) is 18.5 Å². The number of amides is 1. The van der Waals surface area contributed by atoms with Gasteiger partial charge in [-0.05, 0) is 31.4 Å². The Balaban J connectivity index is 1.37. The Morgan fingerprint density at radius 2 is 2.14 bits per heavy atom. The predicted molar refractivity (Wildman–Crippen MR) is 125 cm³/mol. The number of aliphatic hydroxyl groups excluding tert-OH is 1. The summed E-state index contributed by atoms with van der Waals surface area (Å²) in [5.41, 5.74) is -0.373. The molecule has 0 bridgehead atoms. The number of halogens is 1. The Labute approximate surface area is 203 Å². The monoisotopic (exact) mass is 506 g/mol. The van der Waals surface area contributed by atoms with Crippen molar-refractivity contribution in [1.29, 1.82) is 0 Å². The van der Waals surface area contributed by atoms with E-state index >= 15 is 4.39 Å². The number of nitrogens with zero attached hydrogens (tertiary/aromatic N) is 3. The highest BCUT2D eigenvalue weighted by Gasteiger charge is 2.57. The summed E-state index contributed by atoms with van der Waals surface area (Å²) in [7, 11) is -1.63. The minimum absolute atomic E-state index is 0.0572. The number of nitrogens with one attached hydrogen (secondary N) is 1. The van der Waals surface area contributed by atoms with Crippen LogP contribution in [0.1, 0.15) is 38.5 Å². The zero-order valence-corrected chi connectivity index (χ0v) is 20.3. The van der Waals surface area contributed by atoms with Crippen LogP contribution in [0.15, 0.2) is 47.4 Å². The van der Waals surface area contributed by atoms with Gasteiger partial charge in [0.15, 0.2) is 12.4 Å². The Hall–Kier alpha value is -2.27. The molecule has 3 saturated heterocycles. The number of aromatic nitrogens is 2. The lowest BCUT2D eigenvalue weighted by molar-refractivity contribution is -0.114. The number of alkyl halides is 1. The second kappa shape index (κ2) is 9.65. The van der Waals surface area contributed by atoms with Gasteiger partial charge in [-0.2, -0.15) is 4.98 Å². The molecule has 10 nitrogen and oxygen atoms in total. The van der Waals surface area contributed by atoms with Gasteiger partial charge in [-0.15, -0.1) is 0 Å². The number of fused-ring (bicyclic) bond motifs is 1. The minimum atomic E-state index is -1.76. The molecule has 3 fully saturated rings. The molecule has 0 aliphatic carbocycles. The van der Waals surface area contributed by atoms with Gasteiger partial charge in [0.05, 0.1) is 12.6 Å². The first-order valence-corrected chi connectivity index (χ1v) is 12.7. The number of carbonyl (C=O) groups is 1. The van der Waals surface area contributed by atoms with E-state index in [1.54, 1.807) is 0 Å². The second-order valence-electron chi connectivity index (χ2n) is 9.07. The van der Waals surface area contributed by atoms with Gasteiger partial charge in [0.2, 0.25) is 5.91 Å². The van der Waals surface area contributed by atoms with Crippen LogP contribution in [0.25, 0.3) is 0 Å². The lowest BCUT2D eigenvalue weighted by atomic mass is 9.87. The molecule has 4 heterocycles. The van der Waals surface area contributed by atoms with Crippen LogP contribution < -0.4 is 11.0 Å². The quantitative estimate of drug-likeness (QED) is 0.575. The van der Waals surface area contributed by atoms with Crippen LogP contribution in [-0.2, 0) is 24.2 Å². The Morgan fingerprint density at radius 1 is 1.37 bits per heavy atom. The molecule has 12 heteroatoms. The third kappa shape index (κ3) is 4.41. The smallest absolute Gasteiger partial charge is 0.351 e. The van der Waals surface area contributed by atoms with E-state index in [1.165, 1.54) is 19.2 Å². The van der Waals surface area contributed by atoms with E-state index in [1.807, 2.05) is 37.3 Å². The van der Waals surface area contributed by atoms with Crippen molar-refractivity contribution < 1.29 is 28.1 Å². The second-order valence-corrected chi connectivity index (χ2v) is 10.5. The maximum absolute atomic E-state index is 15.7. The summed E-state index contributed by atoms with van der Waals surface area (Å²) < 4.78 is 37.2. The van der Waals surface area contributed by atoms with Crippen molar-refractivity contribution in [1.82, 2.24) is 14.2 Å². The molecular formula is C23H28FN4O6P. The first-order valence-electron chi connectivity index (χ1n) is 11.6. The van der Waals surface area contributed by atoms with Crippen LogP contribution in [0.3, 0.4) is 0 Å². The lowest BCUT2D eigenvalue weighted by Crippen LogP contribution is -2.37. The third-order valence-corrected chi connectivity index (χ3v) is 8.61. The summed E-state index contributed by atoms with van der Waals surface area (Å²) in [5, 5.41) is 12.3. The van der Waals surface area contributed by atoms with Crippen molar-refractivity contribution >= 4 is 20.3 Å². The summed E-state index contributed by atoms with van der Waals surface area (Å²) in [6.45, 7) is 3.60. The molecular weight excluding hydrogens is 478 g/mol. The van der Waals surface area contributed by atoms with E-state index in [-0.39, 0.29) is 17.8 Å². The van der Waals surface area contributed by atoms with Crippen molar-refractivity contribution in [3.8, 4) is 0 Å². The summed E-state index contributed by atoms with van der Waals surface area (Å²) in [5.74, 6) is -0.327. The molecule has 35 heavy (non-hydrogen) atoms. The molecule has 3 aliphatic heterocycles. The zero-order valence-electron chi connectivity index (χ0n) is 19.4. The minimum Gasteiger partial charge on any atom is -0.394 e. The van der Waals surface area contributed by atoms with E-state index in [2.05, 4.69) is 15.0 Å². The molecule has 1 amide bonds. The number of hydrogen-bond donors (Lipinski definition) is 2. The van der Waals surface area contributed by atoms with Gasteiger partial charge in [0.1, 0.15) is 23.6 Å². The maximum Gasteiger partial charge on any atom is 0.351 e. The molecule has 2 aromatic rings. The maximum atomic E-state index is 15.7. The first kappa shape index (κ1) is 24.4. The van der Waals surface area contributed by atoms with Crippen molar-refractivity contribution in [2.45, 2.75) is 62.9 Å². The summed E-state index contributed by atoms with van der Waals surface area (Å²) in [6, 6.07) is 11.4. The lowest BCUT2D eigenvalue weighted by Gasteiger charge is -2.29. The molecule has 7 atom stereocenters. The highest BCUT2D eigenvalue weighted by Crippen LogP contribution is 2.64. The molecule has 3 aliphatic rings. The van der Waals surface area contributed by atoms with Gasteiger partial charge in [0, 0.05) is 19.7 Å². The number of rotatable bonds is 6. The molecule has 5 rings (SSSR count). The van der Waals surface area contributed by atoms with E-state index in [0.717, 1.165) is 29.5 Å². The van der Waals surface area contributed by atoms with Crippen LogP contribution in [0, 0.1) is 0 Å². The number of anilines is 1. The van der Waals surface area contributed by atoms with Crippen LogP contribution >= 0.6 is 8.53 Å². The van der Waals surface area contributed by atoms with Gasteiger partial charge in [-0.3, -0.25) is 9.36 Å². The van der Waals surface area contributed by atoms with E-state index in [9.17, 15) is 14.7 Å². The molecule has 1 aromatic heterocycles. The SMILES string of the molecule is CC(=O)Nc1ccn([C@@H]2O[C@H](CO)C(O[P@@]3O[C@](C)(c4ccccc4)[C@@H]4CCCN43)[C@@H]2F)c(=O)n1. The topological polar surface area (TPSA) is 115 Å². The standard InChI is InChI=1S/C23H28FN4O6P/c1-14(30)25-18-10-12-27(22(31)26-18)21-19(24)20(16(13-29)32-21)33-35-28-11-6-9-17(28)23(2,34-35)15-7-4-3-5-8-15/h3-5,7-8,10,12,16-17,19-21,29H,6,9,11,13H2,1-2H3,(H,25,26,30,31)/t16-,17+,19+,20?,21-,23-,35+/m1/s1. The van der Waals surface area contributed by atoms with Gasteiger partial charge in [-0.1, -0.05) is 30.3 Å². The highest BCUT2D eigenvalue weighted by atomic mass is 31.2. The Bertz CT molecular complexity index is 1140. The number of hydrogen-bond acceptors (Lipinski definition) is 8. The van der Waals surface area contributed by atoms with Crippen LogP contribution in [0.5, 0.6) is 0 Å². The fourth-order valence-corrected chi connectivity index (χ4v) is 7.18. The highest BCUT2D eigenvalue weighted by molar-refractivity contribution is 7.45. The fraction of sp³-hybridized carbons (Fsp3) is 0.522. The first-order chi connectivity index (χ1) is 16.8. The van der Waals surface area contributed by atoms with Crippen LogP contribution in [0.4, 0.5) is 10.2 Å². The Morgan fingerprint density at radius 3 is 2.83 bits per heavy atom. The van der Waals surface area contributed by atoms with Crippen LogP contribution in [-0.4, -0.2) is 62.8 Å². The average molecular weight is 506 g/mol. The van der Waals surface area contributed by atoms with Gasteiger partial charge in [0.25, 0.3) is 8.53 Å². The summed E-state index contributed by atoms with van der Waals surface area (Å²) in [4.78, 5) is 27.5. The Kier molecular flexibility index (Phi) is 6.73. The van der Waals surface area contributed by atoms with Crippen molar-refractivity contribution in [3.63, 3.8) is 0 Å².